The molecule has 0 saturated heterocycles. The van der Waals surface area contributed by atoms with Gasteiger partial charge in [0, 0.05) is 5.41 Å². The van der Waals surface area contributed by atoms with Crippen LogP contribution in [0.1, 0.15) is 46.0 Å². The van der Waals surface area contributed by atoms with Gasteiger partial charge in [-0.1, -0.05) is 6.92 Å². The highest BCUT2D eigenvalue weighted by molar-refractivity contribution is 5.99. The van der Waals surface area contributed by atoms with Crippen LogP contribution in [0, 0.1) is 28.6 Å². The molecule has 2 rings (SSSR count). The first kappa shape index (κ1) is 17.3. The molecule has 2 aliphatic rings. The molecular formula is C16H22N2O5. The molecule has 23 heavy (non-hydrogen) atoms. The number of hydrogen-bond donors (Lipinski definition) is 1. The third-order valence-electron chi connectivity index (χ3n) is 4.91. The van der Waals surface area contributed by atoms with Gasteiger partial charge < -0.3 is 15.2 Å². The summed E-state index contributed by atoms with van der Waals surface area (Å²) in [5.74, 6) is -3.81. The Morgan fingerprint density at radius 3 is 2.30 bits per heavy atom. The summed E-state index contributed by atoms with van der Waals surface area (Å²) in [6.45, 7) is 3.52. The van der Waals surface area contributed by atoms with Crippen LogP contribution >= 0.6 is 0 Å². The van der Waals surface area contributed by atoms with Crippen LogP contribution in [-0.4, -0.2) is 30.1 Å². The van der Waals surface area contributed by atoms with Crippen LogP contribution < -0.4 is 5.73 Å². The third-order valence-corrected chi connectivity index (χ3v) is 4.91. The van der Waals surface area contributed by atoms with Crippen molar-refractivity contribution in [3.63, 3.8) is 0 Å². The molecule has 0 bridgehead atoms. The van der Waals surface area contributed by atoms with Crippen LogP contribution in [0.4, 0.5) is 0 Å². The Morgan fingerprint density at radius 2 is 1.96 bits per heavy atom. The summed E-state index contributed by atoms with van der Waals surface area (Å²) >= 11 is 0. The number of nitrogens with two attached hydrogens (primary N) is 1. The average molecular weight is 322 g/mol. The predicted octanol–water partition coefficient (Wildman–Crippen LogP) is 1.06. The second-order valence-electron chi connectivity index (χ2n) is 6.29. The van der Waals surface area contributed by atoms with Gasteiger partial charge in [0.25, 0.3) is 5.60 Å². The van der Waals surface area contributed by atoms with Gasteiger partial charge in [0.2, 0.25) is 5.91 Å². The van der Waals surface area contributed by atoms with Crippen molar-refractivity contribution >= 4 is 17.8 Å². The number of carbonyl (C=O) groups excluding carboxylic acids is 3. The highest BCUT2D eigenvalue weighted by Crippen LogP contribution is 2.58. The van der Waals surface area contributed by atoms with Crippen molar-refractivity contribution in [2.75, 3.05) is 6.61 Å². The molecule has 1 amide bonds. The van der Waals surface area contributed by atoms with Gasteiger partial charge in [-0.05, 0) is 44.9 Å². The highest BCUT2D eigenvalue weighted by Gasteiger charge is 2.67. The summed E-state index contributed by atoms with van der Waals surface area (Å²) in [7, 11) is 0. The van der Waals surface area contributed by atoms with Crippen LogP contribution in [0.2, 0.25) is 0 Å². The van der Waals surface area contributed by atoms with E-state index in [-0.39, 0.29) is 12.5 Å². The predicted molar refractivity (Wildman–Crippen MR) is 78.4 cm³/mol. The number of hydrogen-bond acceptors (Lipinski definition) is 6. The molecule has 0 spiro atoms. The fraction of sp³-hybridized carbons (Fsp3) is 0.750. The standard InChI is InChI=1S/C16H22N2O5/c1-3-15(7-8-15)16(9-17,14(21)22-4-2)23-13(20)11(12(18)19)10-5-6-10/h10-11H,3-8H2,1-2H3,(H2,18,19). The van der Waals surface area contributed by atoms with Crippen molar-refractivity contribution in [3.8, 4) is 6.07 Å². The number of primary amides is 1. The Labute approximate surface area is 135 Å². The van der Waals surface area contributed by atoms with Crippen molar-refractivity contribution in [3.05, 3.63) is 0 Å². The Bertz CT molecular complexity index is 559. The normalized spacial score (nSPS) is 22.1. The highest BCUT2D eigenvalue weighted by atomic mass is 16.6. The van der Waals surface area contributed by atoms with E-state index >= 15 is 0 Å². The fourth-order valence-corrected chi connectivity index (χ4v) is 3.08. The van der Waals surface area contributed by atoms with Gasteiger partial charge in [-0.25, -0.2) is 4.79 Å². The van der Waals surface area contributed by atoms with E-state index < -0.39 is 34.8 Å². The summed E-state index contributed by atoms with van der Waals surface area (Å²) in [6, 6.07) is 1.87. The van der Waals surface area contributed by atoms with E-state index in [0.29, 0.717) is 32.1 Å². The first-order valence-corrected chi connectivity index (χ1v) is 7.98. The smallest absolute Gasteiger partial charge is 0.366 e. The minimum absolute atomic E-state index is 0.0709. The van der Waals surface area contributed by atoms with E-state index in [2.05, 4.69) is 0 Å². The van der Waals surface area contributed by atoms with E-state index in [9.17, 15) is 19.6 Å². The van der Waals surface area contributed by atoms with Crippen molar-refractivity contribution in [1.82, 2.24) is 0 Å². The third kappa shape index (κ3) is 2.90. The average Bonchev–Trinajstić information content (AvgIpc) is 3.38. The molecule has 0 heterocycles. The Morgan fingerprint density at radius 1 is 1.35 bits per heavy atom. The number of esters is 2. The zero-order valence-electron chi connectivity index (χ0n) is 13.5. The molecular weight excluding hydrogens is 300 g/mol. The number of nitriles is 1. The SMILES string of the molecule is CCOC(=O)C(C#N)(OC(=O)C(C(N)=O)C1CC1)C1(CC)CC1. The van der Waals surface area contributed by atoms with E-state index in [1.54, 1.807) is 6.92 Å². The molecule has 2 unspecified atom stereocenters. The fourth-order valence-electron chi connectivity index (χ4n) is 3.08. The van der Waals surface area contributed by atoms with Crippen LogP contribution in [0.3, 0.4) is 0 Å². The van der Waals surface area contributed by atoms with Gasteiger partial charge in [0.15, 0.2) is 0 Å². The lowest BCUT2D eigenvalue weighted by atomic mass is 9.82. The van der Waals surface area contributed by atoms with Gasteiger partial charge in [-0.2, -0.15) is 5.26 Å². The van der Waals surface area contributed by atoms with Crippen molar-refractivity contribution in [1.29, 1.82) is 5.26 Å². The number of nitrogens with zero attached hydrogens (tertiary/aromatic N) is 1. The first-order chi connectivity index (χ1) is 10.9. The largest absolute Gasteiger partial charge is 0.462 e. The van der Waals surface area contributed by atoms with Crippen LogP contribution in [0.5, 0.6) is 0 Å². The monoisotopic (exact) mass is 322 g/mol. The first-order valence-electron chi connectivity index (χ1n) is 7.98. The van der Waals surface area contributed by atoms with Crippen LogP contribution in [0.15, 0.2) is 0 Å². The molecule has 0 aliphatic heterocycles. The second kappa shape index (κ2) is 6.19. The molecule has 2 atom stereocenters. The van der Waals surface area contributed by atoms with E-state index in [4.69, 9.17) is 15.2 Å². The second-order valence-corrected chi connectivity index (χ2v) is 6.29. The Hall–Kier alpha value is -2.10. The molecule has 2 saturated carbocycles. The topological polar surface area (TPSA) is 119 Å². The van der Waals surface area contributed by atoms with E-state index in [1.165, 1.54) is 0 Å². The van der Waals surface area contributed by atoms with Gasteiger partial charge in [0.05, 0.1) is 6.61 Å². The van der Waals surface area contributed by atoms with E-state index in [1.807, 2.05) is 13.0 Å². The molecule has 2 aliphatic carbocycles. The summed E-state index contributed by atoms with van der Waals surface area (Å²) in [5, 5.41) is 9.66. The van der Waals surface area contributed by atoms with Crippen molar-refractivity contribution in [2.45, 2.75) is 51.6 Å². The maximum Gasteiger partial charge on any atom is 0.366 e. The Balaban J connectivity index is 2.31. The van der Waals surface area contributed by atoms with Gasteiger partial charge in [0.1, 0.15) is 12.0 Å². The minimum atomic E-state index is -2.00. The number of ether oxygens (including phenoxy) is 2. The number of amides is 1. The van der Waals surface area contributed by atoms with Gasteiger partial charge in [-0.15, -0.1) is 0 Å². The van der Waals surface area contributed by atoms with E-state index in [0.717, 1.165) is 0 Å². The van der Waals surface area contributed by atoms with Gasteiger partial charge in [-0.3, -0.25) is 9.59 Å². The molecule has 0 aromatic rings. The molecule has 7 nitrogen and oxygen atoms in total. The zero-order valence-corrected chi connectivity index (χ0v) is 13.5. The lowest BCUT2D eigenvalue weighted by molar-refractivity contribution is -0.187. The summed E-state index contributed by atoms with van der Waals surface area (Å²) in [4.78, 5) is 36.4. The maximum absolute atomic E-state index is 12.5. The zero-order chi connectivity index (χ0) is 17.3. The molecule has 0 aromatic heterocycles. The Kier molecular flexibility index (Phi) is 4.64. The molecule has 7 heteroatoms. The molecule has 2 fully saturated rings. The molecule has 0 aromatic carbocycles. The quantitative estimate of drug-likeness (QED) is 0.527. The maximum atomic E-state index is 12.5. The van der Waals surface area contributed by atoms with Crippen LogP contribution in [-0.2, 0) is 23.9 Å². The molecule has 126 valence electrons. The summed E-state index contributed by atoms with van der Waals surface area (Å²) < 4.78 is 10.4. The lowest BCUT2D eigenvalue weighted by Gasteiger charge is -2.32. The molecule has 2 N–H and O–H groups in total. The summed E-state index contributed by atoms with van der Waals surface area (Å²) in [5.41, 5.74) is 2.55. The minimum Gasteiger partial charge on any atom is -0.462 e. The summed E-state index contributed by atoms with van der Waals surface area (Å²) in [6.07, 6.45) is 3.10. The number of carbonyl (C=O) groups is 3. The number of rotatable bonds is 8. The van der Waals surface area contributed by atoms with Crippen LogP contribution in [0.25, 0.3) is 0 Å². The lowest BCUT2D eigenvalue weighted by Crippen LogP contribution is -2.52. The molecule has 0 radical (unpaired) electrons. The van der Waals surface area contributed by atoms with Crippen molar-refractivity contribution in [2.24, 2.45) is 23.0 Å². The van der Waals surface area contributed by atoms with Gasteiger partial charge >= 0.3 is 11.9 Å². The van der Waals surface area contributed by atoms with Crippen molar-refractivity contribution < 1.29 is 23.9 Å².